The van der Waals surface area contributed by atoms with Crippen LogP contribution < -0.4 is 5.73 Å². The van der Waals surface area contributed by atoms with Crippen LogP contribution in [0.4, 0.5) is 0 Å². The molecule has 5 heteroatoms. The fourth-order valence-corrected chi connectivity index (χ4v) is 3.52. The van der Waals surface area contributed by atoms with Crippen molar-refractivity contribution in [1.82, 2.24) is 4.90 Å². The minimum atomic E-state index is -2.90. The molecule has 0 aliphatic heterocycles. The molecule has 1 rings (SSSR count). The summed E-state index contributed by atoms with van der Waals surface area (Å²) in [5.41, 5.74) is 5.99. The van der Waals surface area contributed by atoms with Crippen molar-refractivity contribution in [1.29, 1.82) is 0 Å². The molecule has 108 valence electrons. The summed E-state index contributed by atoms with van der Waals surface area (Å²) in [4.78, 5) is 2.18. The van der Waals surface area contributed by atoms with Gasteiger partial charge in [-0.15, -0.1) is 0 Å². The molecule has 0 aromatic carbocycles. The molecule has 4 nitrogen and oxygen atoms in total. The lowest BCUT2D eigenvalue weighted by atomic mass is 9.70. The standard InChI is InChI=1S/C13H28N2O2S/c1-11-5-6-13(10-14,9-12(11)2)15(3)7-8-18(4,16)17/h11-12H,5-10,14H2,1-4H3. The Balaban J connectivity index is 2.69. The number of nitrogens with two attached hydrogens (primary N) is 1. The van der Waals surface area contributed by atoms with Gasteiger partial charge >= 0.3 is 0 Å². The number of nitrogens with zero attached hydrogens (tertiary/aromatic N) is 1. The Labute approximate surface area is 112 Å². The maximum Gasteiger partial charge on any atom is 0.148 e. The Morgan fingerprint density at radius 1 is 1.33 bits per heavy atom. The summed E-state index contributed by atoms with van der Waals surface area (Å²) in [5.74, 6) is 1.62. The molecule has 0 aromatic rings. The third-order valence-electron chi connectivity index (χ3n) is 4.73. The molecule has 0 amide bonds. The molecule has 3 unspecified atom stereocenters. The van der Waals surface area contributed by atoms with Gasteiger partial charge in [0.15, 0.2) is 0 Å². The summed E-state index contributed by atoms with van der Waals surface area (Å²) in [6.07, 6.45) is 4.63. The van der Waals surface area contributed by atoms with Crippen LogP contribution in [0.25, 0.3) is 0 Å². The highest BCUT2D eigenvalue weighted by atomic mass is 32.2. The van der Waals surface area contributed by atoms with Crippen LogP contribution in [0.2, 0.25) is 0 Å². The van der Waals surface area contributed by atoms with Gasteiger partial charge in [-0.1, -0.05) is 13.8 Å². The van der Waals surface area contributed by atoms with Gasteiger partial charge in [-0.25, -0.2) is 8.42 Å². The Kier molecular flexibility index (Phi) is 5.21. The van der Waals surface area contributed by atoms with Gasteiger partial charge in [-0.2, -0.15) is 0 Å². The van der Waals surface area contributed by atoms with E-state index in [0.717, 1.165) is 18.8 Å². The Bertz CT molecular complexity index is 369. The van der Waals surface area contributed by atoms with E-state index in [2.05, 4.69) is 18.7 Å². The SMILES string of the molecule is CC1CCC(CN)(N(C)CCS(C)(=O)=O)CC1C. The highest BCUT2D eigenvalue weighted by molar-refractivity contribution is 7.90. The average molecular weight is 276 g/mol. The van der Waals surface area contributed by atoms with E-state index in [9.17, 15) is 8.42 Å². The Hall–Kier alpha value is -0.130. The summed E-state index contributed by atoms with van der Waals surface area (Å²) in [5, 5.41) is 0. The highest BCUT2D eigenvalue weighted by Gasteiger charge is 2.39. The highest BCUT2D eigenvalue weighted by Crippen LogP contribution is 2.38. The fourth-order valence-electron chi connectivity index (χ4n) is 2.91. The van der Waals surface area contributed by atoms with Crippen LogP contribution in [0, 0.1) is 11.8 Å². The van der Waals surface area contributed by atoms with Crippen molar-refractivity contribution >= 4 is 9.84 Å². The van der Waals surface area contributed by atoms with E-state index >= 15 is 0 Å². The van der Waals surface area contributed by atoms with E-state index in [1.807, 2.05) is 7.05 Å². The molecule has 1 aliphatic rings. The lowest BCUT2D eigenvalue weighted by molar-refractivity contribution is 0.0447. The molecule has 0 radical (unpaired) electrons. The van der Waals surface area contributed by atoms with Crippen LogP contribution in [-0.2, 0) is 9.84 Å². The molecule has 0 saturated heterocycles. The van der Waals surface area contributed by atoms with E-state index in [-0.39, 0.29) is 11.3 Å². The smallest absolute Gasteiger partial charge is 0.148 e. The third kappa shape index (κ3) is 3.93. The predicted molar refractivity (Wildman–Crippen MR) is 76.3 cm³/mol. The predicted octanol–water partition coefficient (Wildman–Crippen LogP) is 1.12. The van der Waals surface area contributed by atoms with E-state index in [4.69, 9.17) is 5.73 Å². The molecule has 1 saturated carbocycles. The Morgan fingerprint density at radius 2 is 1.94 bits per heavy atom. The molecule has 0 spiro atoms. The second kappa shape index (κ2) is 5.88. The summed E-state index contributed by atoms with van der Waals surface area (Å²) in [6.45, 7) is 5.77. The van der Waals surface area contributed by atoms with Crippen molar-refractivity contribution < 1.29 is 8.42 Å². The minimum absolute atomic E-state index is 0.00336. The second-order valence-electron chi connectivity index (χ2n) is 6.18. The zero-order chi connectivity index (χ0) is 14.0. The van der Waals surface area contributed by atoms with Crippen molar-refractivity contribution in [3.63, 3.8) is 0 Å². The third-order valence-corrected chi connectivity index (χ3v) is 5.65. The van der Waals surface area contributed by atoms with E-state index < -0.39 is 9.84 Å². The lowest BCUT2D eigenvalue weighted by Gasteiger charge is -2.48. The van der Waals surface area contributed by atoms with Crippen molar-refractivity contribution in [2.45, 2.75) is 38.6 Å². The summed E-state index contributed by atoms with van der Waals surface area (Å²) < 4.78 is 22.5. The van der Waals surface area contributed by atoms with E-state index in [1.165, 1.54) is 12.7 Å². The van der Waals surface area contributed by atoms with Gasteiger partial charge < -0.3 is 5.73 Å². The van der Waals surface area contributed by atoms with Crippen LogP contribution in [0.1, 0.15) is 33.1 Å². The summed E-state index contributed by atoms with van der Waals surface area (Å²) in [6, 6.07) is 0. The molecular formula is C13H28N2O2S. The first-order valence-electron chi connectivity index (χ1n) is 6.79. The quantitative estimate of drug-likeness (QED) is 0.817. The van der Waals surface area contributed by atoms with Crippen LogP contribution in [0.5, 0.6) is 0 Å². The summed E-state index contributed by atoms with van der Waals surface area (Å²) >= 11 is 0. The largest absolute Gasteiger partial charge is 0.329 e. The number of likely N-dealkylation sites (N-methyl/N-ethyl adjacent to an activating group) is 1. The summed E-state index contributed by atoms with van der Waals surface area (Å²) in [7, 11) is -0.885. The first-order chi connectivity index (χ1) is 8.20. The molecule has 1 aliphatic carbocycles. The van der Waals surface area contributed by atoms with Crippen LogP contribution in [-0.4, -0.2) is 51.0 Å². The number of hydrogen-bond acceptors (Lipinski definition) is 4. The van der Waals surface area contributed by atoms with Gasteiger partial charge in [0.2, 0.25) is 0 Å². The average Bonchev–Trinajstić information content (AvgIpc) is 2.29. The van der Waals surface area contributed by atoms with E-state index in [0.29, 0.717) is 19.0 Å². The second-order valence-corrected chi connectivity index (χ2v) is 8.44. The van der Waals surface area contributed by atoms with Crippen molar-refractivity contribution in [3.05, 3.63) is 0 Å². The molecule has 0 aromatic heterocycles. The molecule has 2 N–H and O–H groups in total. The first kappa shape index (κ1) is 15.9. The fraction of sp³-hybridized carbons (Fsp3) is 1.00. The molecule has 0 heterocycles. The van der Waals surface area contributed by atoms with Crippen LogP contribution in [0.3, 0.4) is 0 Å². The number of rotatable bonds is 5. The first-order valence-corrected chi connectivity index (χ1v) is 8.85. The molecule has 0 bridgehead atoms. The van der Waals surface area contributed by atoms with E-state index in [1.54, 1.807) is 0 Å². The van der Waals surface area contributed by atoms with Gasteiger partial charge in [-0.3, -0.25) is 4.90 Å². The lowest BCUT2D eigenvalue weighted by Crippen LogP contribution is -2.56. The van der Waals surface area contributed by atoms with Gasteiger partial charge in [0.05, 0.1) is 5.75 Å². The molecular weight excluding hydrogens is 248 g/mol. The van der Waals surface area contributed by atoms with Crippen molar-refractivity contribution in [2.24, 2.45) is 17.6 Å². The topological polar surface area (TPSA) is 63.4 Å². The Morgan fingerprint density at radius 3 is 2.39 bits per heavy atom. The van der Waals surface area contributed by atoms with Crippen molar-refractivity contribution in [2.75, 3.05) is 32.1 Å². The van der Waals surface area contributed by atoms with Crippen LogP contribution >= 0.6 is 0 Å². The molecule has 3 atom stereocenters. The minimum Gasteiger partial charge on any atom is -0.329 e. The zero-order valence-electron chi connectivity index (χ0n) is 12.1. The maximum atomic E-state index is 11.3. The zero-order valence-corrected chi connectivity index (χ0v) is 13.0. The van der Waals surface area contributed by atoms with Gasteiger partial charge in [-0.05, 0) is 38.1 Å². The number of hydrogen-bond donors (Lipinski definition) is 1. The van der Waals surface area contributed by atoms with Gasteiger partial charge in [0, 0.05) is 24.9 Å². The van der Waals surface area contributed by atoms with Gasteiger partial charge in [0.1, 0.15) is 9.84 Å². The van der Waals surface area contributed by atoms with Crippen LogP contribution in [0.15, 0.2) is 0 Å². The monoisotopic (exact) mass is 276 g/mol. The maximum absolute atomic E-state index is 11.3. The number of sulfone groups is 1. The molecule has 18 heavy (non-hydrogen) atoms. The normalized spacial score (nSPS) is 33.9. The molecule has 1 fully saturated rings. The van der Waals surface area contributed by atoms with Crippen molar-refractivity contribution in [3.8, 4) is 0 Å². The van der Waals surface area contributed by atoms with Gasteiger partial charge in [0.25, 0.3) is 0 Å².